The van der Waals surface area contributed by atoms with Crippen molar-refractivity contribution in [1.29, 1.82) is 0 Å². The molecule has 9 heteroatoms. The van der Waals surface area contributed by atoms with Gasteiger partial charge in [-0.15, -0.1) is 0 Å². The number of nitrogens with zero attached hydrogens (tertiary/aromatic N) is 2. The number of carbonyl (C=O) groups excluding carboxylic acids is 1. The summed E-state index contributed by atoms with van der Waals surface area (Å²) in [5.41, 5.74) is 3.09. The Morgan fingerprint density at radius 1 is 1.07 bits per heavy atom. The standard InChI is InChI=1S/C20H27N5O3S/c1-15-6-4-5-7-17(15)13-23-20(24-14-19(26)25(2)3)22-12-16-8-10-18(11-9-16)29(21,27)28/h4-11H,12-14H2,1-3H3,(H2,21,27,28)(H2,22,23,24). The average molecular weight is 418 g/mol. The van der Waals surface area contributed by atoms with Crippen LogP contribution in [-0.4, -0.2) is 45.8 Å². The molecule has 0 atom stereocenters. The monoisotopic (exact) mass is 417 g/mol. The molecule has 0 bridgehead atoms. The zero-order valence-electron chi connectivity index (χ0n) is 16.8. The number of nitrogens with two attached hydrogens (primary N) is 1. The number of aryl methyl sites for hydroxylation is 1. The highest BCUT2D eigenvalue weighted by Crippen LogP contribution is 2.10. The van der Waals surface area contributed by atoms with Gasteiger partial charge in [-0.2, -0.15) is 0 Å². The fourth-order valence-electron chi connectivity index (χ4n) is 2.43. The Balaban J connectivity index is 2.10. The Labute approximate surface area is 171 Å². The molecule has 0 heterocycles. The van der Waals surface area contributed by atoms with E-state index < -0.39 is 10.0 Å². The van der Waals surface area contributed by atoms with Gasteiger partial charge in [0.1, 0.15) is 0 Å². The number of hydrogen-bond donors (Lipinski definition) is 3. The minimum absolute atomic E-state index is 0.0536. The highest BCUT2D eigenvalue weighted by atomic mass is 32.2. The van der Waals surface area contributed by atoms with Gasteiger partial charge in [0, 0.05) is 20.6 Å². The van der Waals surface area contributed by atoms with Crippen molar-refractivity contribution >= 4 is 21.9 Å². The lowest BCUT2D eigenvalue weighted by molar-refractivity contribution is -0.127. The smallest absolute Gasteiger partial charge is 0.241 e. The molecule has 0 unspecified atom stereocenters. The van der Waals surface area contributed by atoms with Gasteiger partial charge in [0.2, 0.25) is 15.9 Å². The lowest BCUT2D eigenvalue weighted by Crippen LogP contribution is -2.42. The fraction of sp³-hybridized carbons (Fsp3) is 0.300. The fourth-order valence-corrected chi connectivity index (χ4v) is 2.95. The Kier molecular flexibility index (Phi) is 7.74. The summed E-state index contributed by atoms with van der Waals surface area (Å²) in [6, 6.07) is 14.2. The van der Waals surface area contributed by atoms with Crippen molar-refractivity contribution in [3.8, 4) is 0 Å². The van der Waals surface area contributed by atoms with E-state index in [2.05, 4.69) is 15.6 Å². The molecule has 2 rings (SSSR count). The van der Waals surface area contributed by atoms with Crippen LogP contribution >= 0.6 is 0 Å². The van der Waals surface area contributed by atoms with Crippen LogP contribution in [0.5, 0.6) is 0 Å². The molecular weight excluding hydrogens is 390 g/mol. The second-order valence-corrected chi connectivity index (χ2v) is 8.34. The predicted octanol–water partition coefficient (Wildman–Crippen LogP) is 0.966. The number of rotatable bonds is 7. The van der Waals surface area contributed by atoms with Gasteiger partial charge in [-0.25, -0.2) is 18.5 Å². The maximum Gasteiger partial charge on any atom is 0.241 e. The molecule has 0 aliphatic rings. The molecule has 0 saturated carbocycles. The molecule has 0 aliphatic heterocycles. The lowest BCUT2D eigenvalue weighted by atomic mass is 10.1. The second kappa shape index (κ2) is 10.0. The zero-order chi connectivity index (χ0) is 21.4. The van der Waals surface area contributed by atoms with Crippen LogP contribution in [0.1, 0.15) is 16.7 Å². The number of amides is 1. The SMILES string of the molecule is Cc1ccccc1CNC(=NCc1ccc(S(N)(=O)=O)cc1)NCC(=O)N(C)C. The van der Waals surface area contributed by atoms with Gasteiger partial charge in [-0.05, 0) is 35.7 Å². The van der Waals surface area contributed by atoms with Gasteiger partial charge < -0.3 is 15.5 Å². The van der Waals surface area contributed by atoms with Crippen molar-refractivity contribution in [2.24, 2.45) is 10.1 Å². The van der Waals surface area contributed by atoms with E-state index in [1.54, 1.807) is 26.2 Å². The van der Waals surface area contributed by atoms with Gasteiger partial charge in [0.05, 0.1) is 18.0 Å². The van der Waals surface area contributed by atoms with Gasteiger partial charge >= 0.3 is 0 Å². The summed E-state index contributed by atoms with van der Waals surface area (Å²) in [7, 11) is -0.345. The summed E-state index contributed by atoms with van der Waals surface area (Å²) < 4.78 is 22.7. The summed E-state index contributed by atoms with van der Waals surface area (Å²) in [5, 5.41) is 11.4. The maximum absolute atomic E-state index is 11.9. The first-order valence-corrected chi connectivity index (χ1v) is 10.6. The van der Waals surface area contributed by atoms with Crippen LogP contribution < -0.4 is 15.8 Å². The number of primary sulfonamides is 1. The minimum Gasteiger partial charge on any atom is -0.352 e. The summed E-state index contributed by atoms with van der Waals surface area (Å²) in [4.78, 5) is 17.9. The third-order valence-corrected chi connectivity index (χ3v) is 5.21. The molecule has 2 aromatic carbocycles. The molecule has 8 nitrogen and oxygen atoms in total. The van der Waals surface area contributed by atoms with E-state index in [0.29, 0.717) is 19.0 Å². The van der Waals surface area contributed by atoms with E-state index in [-0.39, 0.29) is 17.3 Å². The average Bonchev–Trinajstić information content (AvgIpc) is 2.67. The largest absolute Gasteiger partial charge is 0.352 e. The molecule has 0 saturated heterocycles. The van der Waals surface area contributed by atoms with Crippen molar-refractivity contribution in [1.82, 2.24) is 15.5 Å². The summed E-state index contributed by atoms with van der Waals surface area (Å²) >= 11 is 0. The number of benzene rings is 2. The summed E-state index contributed by atoms with van der Waals surface area (Å²) in [6.07, 6.45) is 0. The van der Waals surface area contributed by atoms with Gasteiger partial charge in [-0.3, -0.25) is 4.79 Å². The van der Waals surface area contributed by atoms with E-state index in [4.69, 9.17) is 5.14 Å². The zero-order valence-corrected chi connectivity index (χ0v) is 17.7. The maximum atomic E-state index is 11.9. The molecule has 0 aliphatic carbocycles. The van der Waals surface area contributed by atoms with Crippen LogP contribution in [-0.2, 0) is 27.9 Å². The van der Waals surface area contributed by atoms with E-state index in [1.807, 2.05) is 31.2 Å². The molecule has 0 radical (unpaired) electrons. The third kappa shape index (κ3) is 7.20. The first-order valence-electron chi connectivity index (χ1n) is 9.05. The van der Waals surface area contributed by atoms with Crippen LogP contribution in [0.2, 0.25) is 0 Å². The molecule has 4 N–H and O–H groups in total. The first kappa shape index (κ1) is 22.4. The predicted molar refractivity (Wildman–Crippen MR) is 114 cm³/mol. The van der Waals surface area contributed by atoms with Crippen molar-refractivity contribution in [3.63, 3.8) is 0 Å². The molecule has 1 amide bonds. The van der Waals surface area contributed by atoms with Crippen LogP contribution in [0, 0.1) is 6.92 Å². The number of sulfonamides is 1. The van der Waals surface area contributed by atoms with Crippen LogP contribution in [0.3, 0.4) is 0 Å². The molecule has 29 heavy (non-hydrogen) atoms. The Morgan fingerprint density at radius 3 is 2.31 bits per heavy atom. The summed E-state index contributed by atoms with van der Waals surface area (Å²) in [5.74, 6) is 0.409. The lowest BCUT2D eigenvalue weighted by Gasteiger charge is -2.15. The van der Waals surface area contributed by atoms with E-state index in [0.717, 1.165) is 16.7 Å². The van der Waals surface area contributed by atoms with Crippen molar-refractivity contribution < 1.29 is 13.2 Å². The van der Waals surface area contributed by atoms with Gasteiger partial charge in [-0.1, -0.05) is 36.4 Å². The van der Waals surface area contributed by atoms with Gasteiger partial charge in [0.15, 0.2) is 5.96 Å². The first-order chi connectivity index (χ1) is 13.7. The van der Waals surface area contributed by atoms with E-state index in [1.165, 1.54) is 17.0 Å². The number of aliphatic imine (C=N–C) groups is 1. The third-order valence-electron chi connectivity index (χ3n) is 4.29. The van der Waals surface area contributed by atoms with Crippen molar-refractivity contribution in [3.05, 3.63) is 65.2 Å². The topological polar surface area (TPSA) is 117 Å². The van der Waals surface area contributed by atoms with Crippen molar-refractivity contribution in [2.45, 2.75) is 24.9 Å². The van der Waals surface area contributed by atoms with Crippen LogP contribution in [0.25, 0.3) is 0 Å². The molecule has 0 aromatic heterocycles. The molecule has 0 spiro atoms. The number of likely N-dealkylation sites (N-methyl/N-ethyl adjacent to an activating group) is 1. The number of guanidine groups is 1. The second-order valence-electron chi connectivity index (χ2n) is 6.78. The number of nitrogens with one attached hydrogen (secondary N) is 2. The quantitative estimate of drug-likeness (QED) is 0.458. The Hall–Kier alpha value is -2.91. The normalized spacial score (nSPS) is 11.8. The molecule has 2 aromatic rings. The number of hydrogen-bond acceptors (Lipinski definition) is 4. The minimum atomic E-state index is -3.72. The highest BCUT2D eigenvalue weighted by Gasteiger charge is 2.08. The van der Waals surface area contributed by atoms with Crippen LogP contribution in [0.4, 0.5) is 0 Å². The molecule has 0 fully saturated rings. The van der Waals surface area contributed by atoms with E-state index >= 15 is 0 Å². The van der Waals surface area contributed by atoms with Crippen LogP contribution in [0.15, 0.2) is 58.4 Å². The number of carbonyl (C=O) groups is 1. The van der Waals surface area contributed by atoms with E-state index in [9.17, 15) is 13.2 Å². The summed E-state index contributed by atoms with van der Waals surface area (Å²) in [6.45, 7) is 3.00. The van der Waals surface area contributed by atoms with Crippen molar-refractivity contribution in [2.75, 3.05) is 20.6 Å². The highest BCUT2D eigenvalue weighted by molar-refractivity contribution is 7.89. The molecule has 156 valence electrons. The Bertz CT molecular complexity index is 970. The van der Waals surface area contributed by atoms with Gasteiger partial charge in [0.25, 0.3) is 0 Å². The molecular formula is C20H27N5O3S. The Morgan fingerprint density at radius 2 is 1.72 bits per heavy atom.